The quantitative estimate of drug-likeness (QED) is 0.913. The molecule has 0 atom stereocenters. The Labute approximate surface area is 92.0 Å². The van der Waals surface area contributed by atoms with E-state index in [-0.39, 0.29) is 5.56 Å². The number of rotatable bonds is 2. The van der Waals surface area contributed by atoms with E-state index in [1.807, 2.05) is 0 Å². The van der Waals surface area contributed by atoms with Gasteiger partial charge in [-0.2, -0.15) is 0 Å². The van der Waals surface area contributed by atoms with Gasteiger partial charge >= 0.3 is 5.97 Å². The molecule has 0 aliphatic carbocycles. The molecule has 1 aromatic rings. The van der Waals surface area contributed by atoms with Crippen molar-refractivity contribution < 1.29 is 14.6 Å². The van der Waals surface area contributed by atoms with E-state index in [4.69, 9.17) is 9.84 Å². The topological polar surface area (TPSA) is 46.5 Å². The van der Waals surface area contributed by atoms with Crippen molar-refractivity contribution in [2.75, 3.05) is 7.11 Å². The molecule has 0 aromatic heterocycles. The van der Waals surface area contributed by atoms with Gasteiger partial charge in [0.05, 0.1) is 17.1 Å². The SMILES string of the molecule is COc1cc(Br)c(C(=O)O)cc1Br. The van der Waals surface area contributed by atoms with Gasteiger partial charge in [-0.05, 0) is 44.0 Å². The molecule has 0 radical (unpaired) electrons. The first-order valence-corrected chi connectivity index (χ1v) is 4.91. The van der Waals surface area contributed by atoms with Crippen molar-refractivity contribution in [3.63, 3.8) is 0 Å². The van der Waals surface area contributed by atoms with Crippen molar-refractivity contribution in [1.82, 2.24) is 0 Å². The zero-order chi connectivity index (χ0) is 10.0. The average molecular weight is 310 g/mol. The molecule has 0 saturated heterocycles. The second kappa shape index (κ2) is 4.11. The fourth-order valence-electron chi connectivity index (χ4n) is 0.849. The lowest BCUT2D eigenvalue weighted by Gasteiger charge is -2.05. The summed E-state index contributed by atoms with van der Waals surface area (Å²) in [6.45, 7) is 0. The molecule has 0 saturated carbocycles. The van der Waals surface area contributed by atoms with Gasteiger partial charge < -0.3 is 9.84 Å². The number of benzene rings is 1. The summed E-state index contributed by atoms with van der Waals surface area (Å²) in [5.41, 5.74) is 0.202. The van der Waals surface area contributed by atoms with Crippen molar-refractivity contribution in [1.29, 1.82) is 0 Å². The van der Waals surface area contributed by atoms with Gasteiger partial charge in [0, 0.05) is 4.47 Å². The van der Waals surface area contributed by atoms with Crippen LogP contribution in [0.25, 0.3) is 0 Å². The molecule has 0 bridgehead atoms. The average Bonchev–Trinajstić information content (AvgIpc) is 2.07. The van der Waals surface area contributed by atoms with Crippen LogP contribution in [0.2, 0.25) is 0 Å². The highest BCUT2D eigenvalue weighted by atomic mass is 79.9. The number of halogens is 2. The molecule has 3 nitrogen and oxygen atoms in total. The van der Waals surface area contributed by atoms with Crippen molar-refractivity contribution in [2.45, 2.75) is 0 Å². The Morgan fingerprint density at radius 2 is 2.00 bits per heavy atom. The van der Waals surface area contributed by atoms with Gasteiger partial charge in [-0.1, -0.05) is 0 Å². The van der Waals surface area contributed by atoms with Crippen LogP contribution in [0.15, 0.2) is 21.1 Å². The van der Waals surface area contributed by atoms with E-state index in [9.17, 15) is 4.79 Å². The summed E-state index contributed by atoms with van der Waals surface area (Å²) in [5, 5.41) is 8.76. The van der Waals surface area contributed by atoms with Gasteiger partial charge in [0.1, 0.15) is 5.75 Å². The summed E-state index contributed by atoms with van der Waals surface area (Å²) in [4.78, 5) is 10.7. The molecule has 0 aliphatic rings. The molecule has 13 heavy (non-hydrogen) atoms. The zero-order valence-corrected chi connectivity index (χ0v) is 9.85. The number of carboxylic acids is 1. The summed E-state index contributed by atoms with van der Waals surface area (Å²) < 4.78 is 6.11. The van der Waals surface area contributed by atoms with E-state index < -0.39 is 5.97 Å². The second-order valence-electron chi connectivity index (χ2n) is 2.27. The van der Waals surface area contributed by atoms with Crippen LogP contribution < -0.4 is 4.74 Å². The second-order valence-corrected chi connectivity index (χ2v) is 3.98. The number of methoxy groups -OCH3 is 1. The third-order valence-electron chi connectivity index (χ3n) is 1.47. The molecule has 0 amide bonds. The number of hydrogen-bond acceptors (Lipinski definition) is 2. The lowest BCUT2D eigenvalue weighted by molar-refractivity contribution is 0.0696. The Bertz CT molecular complexity index is 349. The fourth-order valence-corrected chi connectivity index (χ4v) is 1.85. The van der Waals surface area contributed by atoms with Crippen LogP contribution in [0.4, 0.5) is 0 Å². The van der Waals surface area contributed by atoms with Crippen LogP contribution in [0.5, 0.6) is 5.75 Å². The Morgan fingerprint density at radius 1 is 1.38 bits per heavy atom. The van der Waals surface area contributed by atoms with Crippen LogP contribution in [0, 0.1) is 0 Å². The largest absolute Gasteiger partial charge is 0.496 e. The van der Waals surface area contributed by atoms with Gasteiger partial charge in [0.15, 0.2) is 0 Å². The maximum Gasteiger partial charge on any atom is 0.336 e. The maximum atomic E-state index is 10.7. The molecule has 0 spiro atoms. The Balaban J connectivity index is 3.28. The molecule has 1 aromatic carbocycles. The van der Waals surface area contributed by atoms with Crippen LogP contribution >= 0.6 is 31.9 Å². The molecule has 70 valence electrons. The normalized spacial score (nSPS) is 9.77. The highest BCUT2D eigenvalue weighted by molar-refractivity contribution is 9.11. The highest BCUT2D eigenvalue weighted by Crippen LogP contribution is 2.31. The molecule has 5 heteroatoms. The molecular weight excluding hydrogens is 304 g/mol. The zero-order valence-electron chi connectivity index (χ0n) is 6.67. The van der Waals surface area contributed by atoms with Crippen LogP contribution in [-0.2, 0) is 0 Å². The van der Waals surface area contributed by atoms with Crippen molar-refractivity contribution in [2.24, 2.45) is 0 Å². The number of aromatic carboxylic acids is 1. The molecule has 0 aliphatic heterocycles. The number of hydrogen-bond donors (Lipinski definition) is 1. The minimum atomic E-state index is -0.977. The minimum Gasteiger partial charge on any atom is -0.496 e. The summed E-state index contributed by atoms with van der Waals surface area (Å²) in [5.74, 6) is -0.382. The monoisotopic (exact) mass is 308 g/mol. The minimum absolute atomic E-state index is 0.202. The lowest BCUT2D eigenvalue weighted by atomic mass is 10.2. The first-order chi connectivity index (χ1) is 6.06. The van der Waals surface area contributed by atoms with E-state index in [1.54, 1.807) is 6.07 Å². The van der Waals surface area contributed by atoms with Crippen molar-refractivity contribution >= 4 is 37.8 Å². The Morgan fingerprint density at radius 3 is 2.46 bits per heavy atom. The summed E-state index contributed by atoms with van der Waals surface area (Å²) >= 11 is 6.34. The maximum absolute atomic E-state index is 10.7. The fraction of sp³-hybridized carbons (Fsp3) is 0.125. The number of carboxylic acid groups (broad SMARTS) is 1. The van der Waals surface area contributed by atoms with E-state index in [0.29, 0.717) is 14.7 Å². The first-order valence-electron chi connectivity index (χ1n) is 3.32. The van der Waals surface area contributed by atoms with Gasteiger partial charge in [0.2, 0.25) is 0 Å². The molecular formula is C8H6Br2O3. The van der Waals surface area contributed by atoms with Gasteiger partial charge in [0.25, 0.3) is 0 Å². The smallest absolute Gasteiger partial charge is 0.336 e. The standard InChI is InChI=1S/C8H6Br2O3/c1-13-7-3-5(9)4(8(11)12)2-6(7)10/h2-3H,1H3,(H,11,12). The van der Waals surface area contributed by atoms with Gasteiger partial charge in [-0.15, -0.1) is 0 Å². The van der Waals surface area contributed by atoms with E-state index in [2.05, 4.69) is 31.9 Å². The Hall–Kier alpha value is -0.550. The molecule has 0 fully saturated rings. The van der Waals surface area contributed by atoms with Crippen molar-refractivity contribution in [3.05, 3.63) is 26.6 Å². The Kier molecular flexibility index (Phi) is 3.33. The molecule has 0 heterocycles. The van der Waals surface area contributed by atoms with Gasteiger partial charge in [-0.25, -0.2) is 4.79 Å². The number of carbonyl (C=O) groups is 1. The molecule has 0 unspecified atom stereocenters. The third-order valence-corrected chi connectivity index (χ3v) is 2.75. The molecule has 1 rings (SSSR count). The third kappa shape index (κ3) is 2.22. The van der Waals surface area contributed by atoms with Crippen LogP contribution in [0.3, 0.4) is 0 Å². The number of ether oxygens (including phenoxy) is 1. The van der Waals surface area contributed by atoms with Gasteiger partial charge in [-0.3, -0.25) is 0 Å². The van der Waals surface area contributed by atoms with E-state index >= 15 is 0 Å². The summed E-state index contributed by atoms with van der Waals surface area (Å²) in [6.07, 6.45) is 0. The highest BCUT2D eigenvalue weighted by Gasteiger charge is 2.11. The van der Waals surface area contributed by atoms with Crippen LogP contribution in [-0.4, -0.2) is 18.2 Å². The van der Waals surface area contributed by atoms with Crippen LogP contribution in [0.1, 0.15) is 10.4 Å². The predicted octanol–water partition coefficient (Wildman–Crippen LogP) is 2.92. The summed E-state index contributed by atoms with van der Waals surface area (Å²) in [6, 6.07) is 3.10. The van der Waals surface area contributed by atoms with E-state index in [1.165, 1.54) is 13.2 Å². The predicted molar refractivity (Wildman–Crippen MR) is 55.4 cm³/mol. The van der Waals surface area contributed by atoms with E-state index in [0.717, 1.165) is 0 Å². The lowest BCUT2D eigenvalue weighted by Crippen LogP contribution is -1.98. The van der Waals surface area contributed by atoms with Crippen molar-refractivity contribution in [3.8, 4) is 5.75 Å². The first kappa shape index (κ1) is 10.5. The summed E-state index contributed by atoms with van der Waals surface area (Å²) in [7, 11) is 1.52. The molecule has 1 N–H and O–H groups in total.